The average Bonchev–Trinajstić information content (AvgIpc) is 3.09. The van der Waals surface area contributed by atoms with Crippen LogP contribution in [0.25, 0.3) is 11.3 Å². The molecular weight excluding hydrogens is 302 g/mol. The van der Waals surface area contributed by atoms with E-state index in [1.54, 1.807) is 6.07 Å². The number of nitrogens with zero attached hydrogens (tertiary/aromatic N) is 1. The second-order valence-electron chi connectivity index (χ2n) is 6.90. The van der Waals surface area contributed by atoms with E-state index >= 15 is 0 Å². The molecule has 0 unspecified atom stereocenters. The van der Waals surface area contributed by atoms with Gasteiger partial charge in [0.2, 0.25) is 0 Å². The molecule has 3 aliphatic rings. The zero-order valence-corrected chi connectivity index (χ0v) is 13.9. The van der Waals surface area contributed by atoms with E-state index in [1.165, 1.54) is 12.8 Å². The summed E-state index contributed by atoms with van der Waals surface area (Å²) in [5, 5.41) is 3.19. The van der Waals surface area contributed by atoms with E-state index in [9.17, 15) is 4.79 Å². The summed E-state index contributed by atoms with van der Waals surface area (Å²) in [4.78, 5) is 15.1. The normalized spacial score (nSPS) is 28.7. The Bertz CT molecular complexity index is 745. The van der Waals surface area contributed by atoms with Crippen LogP contribution in [-0.2, 0) is 0 Å². The maximum atomic E-state index is 12.6. The Labute approximate surface area is 141 Å². The van der Waals surface area contributed by atoms with Crippen LogP contribution in [0.5, 0.6) is 0 Å². The quantitative estimate of drug-likeness (QED) is 0.851. The number of furan rings is 1. The Balaban J connectivity index is 1.49. The second-order valence-corrected chi connectivity index (χ2v) is 6.90. The lowest BCUT2D eigenvalue weighted by molar-refractivity contribution is 0.0211. The van der Waals surface area contributed by atoms with Crippen molar-refractivity contribution in [2.24, 2.45) is 5.92 Å². The van der Waals surface area contributed by atoms with Gasteiger partial charge in [-0.2, -0.15) is 0 Å². The lowest BCUT2D eigenvalue weighted by atomic mass is 9.79. The SMILES string of the molecule is C[C@H]1[C@H](NC(=O)c2ccc(-c3cccc(N)c3)o2)C2CCN1CC2. The first-order valence-corrected chi connectivity index (χ1v) is 8.62. The Morgan fingerprint density at radius 1 is 1.25 bits per heavy atom. The number of rotatable bonds is 3. The lowest BCUT2D eigenvalue weighted by Crippen LogP contribution is -2.62. The third-order valence-corrected chi connectivity index (χ3v) is 5.48. The molecule has 3 saturated heterocycles. The number of amides is 1. The van der Waals surface area contributed by atoms with Crippen molar-refractivity contribution >= 4 is 11.6 Å². The summed E-state index contributed by atoms with van der Waals surface area (Å²) in [6.45, 7) is 4.51. The number of nitrogens with one attached hydrogen (secondary N) is 1. The van der Waals surface area contributed by atoms with Crippen molar-refractivity contribution in [1.29, 1.82) is 0 Å². The molecule has 24 heavy (non-hydrogen) atoms. The summed E-state index contributed by atoms with van der Waals surface area (Å²) >= 11 is 0. The predicted molar refractivity (Wildman–Crippen MR) is 93.6 cm³/mol. The van der Waals surface area contributed by atoms with Crippen LogP contribution >= 0.6 is 0 Å². The molecule has 2 bridgehead atoms. The van der Waals surface area contributed by atoms with Crippen LogP contribution in [-0.4, -0.2) is 36.0 Å². The Kier molecular flexibility index (Phi) is 3.81. The van der Waals surface area contributed by atoms with Crippen molar-refractivity contribution in [3.63, 3.8) is 0 Å². The maximum absolute atomic E-state index is 12.6. The van der Waals surface area contributed by atoms with Gasteiger partial charge >= 0.3 is 0 Å². The molecule has 2 atom stereocenters. The number of nitrogens with two attached hydrogens (primary N) is 1. The molecule has 0 aliphatic carbocycles. The number of benzene rings is 1. The molecule has 5 rings (SSSR count). The Hall–Kier alpha value is -2.27. The molecule has 3 N–H and O–H groups in total. The molecule has 4 heterocycles. The van der Waals surface area contributed by atoms with Crippen LogP contribution in [0.2, 0.25) is 0 Å². The number of carbonyl (C=O) groups excluding carboxylic acids is 1. The van der Waals surface area contributed by atoms with Crippen LogP contribution in [0.3, 0.4) is 0 Å². The first kappa shape index (κ1) is 15.3. The van der Waals surface area contributed by atoms with Gasteiger partial charge in [0.05, 0.1) is 0 Å². The summed E-state index contributed by atoms with van der Waals surface area (Å²) < 4.78 is 5.76. The molecule has 2 aromatic rings. The molecule has 5 heteroatoms. The van der Waals surface area contributed by atoms with Crippen LogP contribution < -0.4 is 11.1 Å². The van der Waals surface area contributed by atoms with E-state index in [2.05, 4.69) is 17.1 Å². The van der Waals surface area contributed by atoms with Crippen LogP contribution in [0.1, 0.15) is 30.3 Å². The van der Waals surface area contributed by atoms with Gasteiger partial charge in [0.1, 0.15) is 5.76 Å². The van der Waals surface area contributed by atoms with Gasteiger partial charge in [-0.15, -0.1) is 0 Å². The van der Waals surface area contributed by atoms with E-state index in [0.717, 1.165) is 18.7 Å². The van der Waals surface area contributed by atoms with Gasteiger partial charge in [-0.05, 0) is 63.0 Å². The number of piperidine rings is 3. The monoisotopic (exact) mass is 325 g/mol. The van der Waals surface area contributed by atoms with Gasteiger partial charge in [0.15, 0.2) is 5.76 Å². The molecule has 3 aliphatic heterocycles. The van der Waals surface area contributed by atoms with Gasteiger partial charge in [-0.3, -0.25) is 9.69 Å². The van der Waals surface area contributed by atoms with E-state index in [0.29, 0.717) is 29.2 Å². The molecule has 3 fully saturated rings. The fourth-order valence-electron chi connectivity index (χ4n) is 4.07. The van der Waals surface area contributed by atoms with Crippen molar-refractivity contribution in [2.45, 2.75) is 31.8 Å². The molecule has 1 aromatic heterocycles. The molecule has 5 nitrogen and oxygen atoms in total. The number of hydrogen-bond donors (Lipinski definition) is 2. The van der Waals surface area contributed by atoms with Gasteiger partial charge < -0.3 is 15.5 Å². The summed E-state index contributed by atoms with van der Waals surface area (Å²) in [6, 6.07) is 11.6. The highest BCUT2D eigenvalue weighted by molar-refractivity contribution is 5.92. The minimum absolute atomic E-state index is 0.129. The van der Waals surface area contributed by atoms with Gasteiger partial charge in [-0.25, -0.2) is 0 Å². The number of carbonyl (C=O) groups is 1. The Morgan fingerprint density at radius 3 is 2.75 bits per heavy atom. The minimum Gasteiger partial charge on any atom is -0.451 e. The first-order valence-electron chi connectivity index (χ1n) is 8.62. The van der Waals surface area contributed by atoms with Gasteiger partial charge in [0, 0.05) is 23.3 Å². The van der Waals surface area contributed by atoms with Crippen LogP contribution in [0.4, 0.5) is 5.69 Å². The molecule has 0 spiro atoms. The highest BCUT2D eigenvalue weighted by Crippen LogP contribution is 2.32. The molecular formula is C19H23N3O2. The zero-order chi connectivity index (χ0) is 16.7. The van der Waals surface area contributed by atoms with E-state index in [-0.39, 0.29) is 11.9 Å². The first-order chi connectivity index (χ1) is 11.6. The van der Waals surface area contributed by atoms with Crippen molar-refractivity contribution in [2.75, 3.05) is 18.8 Å². The number of fused-ring (bicyclic) bond motifs is 3. The minimum atomic E-state index is -0.129. The molecule has 126 valence electrons. The van der Waals surface area contributed by atoms with Crippen molar-refractivity contribution in [3.8, 4) is 11.3 Å². The molecule has 0 radical (unpaired) electrons. The van der Waals surface area contributed by atoms with E-state index in [1.807, 2.05) is 30.3 Å². The highest BCUT2D eigenvalue weighted by atomic mass is 16.3. The lowest BCUT2D eigenvalue weighted by Gasteiger charge is -2.49. The summed E-state index contributed by atoms with van der Waals surface area (Å²) in [5.74, 6) is 1.47. The smallest absolute Gasteiger partial charge is 0.287 e. The van der Waals surface area contributed by atoms with Crippen molar-refractivity contribution < 1.29 is 9.21 Å². The summed E-state index contributed by atoms with van der Waals surface area (Å²) in [7, 11) is 0. The topological polar surface area (TPSA) is 71.5 Å². The highest BCUT2D eigenvalue weighted by Gasteiger charge is 2.40. The molecule has 0 saturated carbocycles. The van der Waals surface area contributed by atoms with Crippen LogP contribution in [0, 0.1) is 5.92 Å². The average molecular weight is 325 g/mol. The fourth-order valence-corrected chi connectivity index (χ4v) is 4.07. The third-order valence-electron chi connectivity index (χ3n) is 5.48. The number of anilines is 1. The number of nitrogen functional groups attached to an aromatic ring is 1. The largest absolute Gasteiger partial charge is 0.451 e. The van der Waals surface area contributed by atoms with Gasteiger partial charge in [0.25, 0.3) is 5.91 Å². The number of hydrogen-bond acceptors (Lipinski definition) is 4. The van der Waals surface area contributed by atoms with Crippen molar-refractivity contribution in [1.82, 2.24) is 10.2 Å². The van der Waals surface area contributed by atoms with Crippen molar-refractivity contribution in [3.05, 3.63) is 42.2 Å². The summed E-state index contributed by atoms with van der Waals surface area (Å²) in [6.07, 6.45) is 2.34. The maximum Gasteiger partial charge on any atom is 0.287 e. The predicted octanol–water partition coefficient (Wildman–Crippen LogP) is 2.74. The van der Waals surface area contributed by atoms with Crippen LogP contribution in [0.15, 0.2) is 40.8 Å². The zero-order valence-electron chi connectivity index (χ0n) is 13.9. The fraction of sp³-hybridized carbons (Fsp3) is 0.421. The second kappa shape index (κ2) is 5.98. The molecule has 1 aromatic carbocycles. The molecule has 1 amide bonds. The third kappa shape index (κ3) is 2.69. The summed E-state index contributed by atoms with van der Waals surface area (Å²) in [5.41, 5.74) is 7.37. The standard InChI is InChI=1S/C19H23N3O2/c1-12-18(13-7-9-22(12)10-8-13)21-19(23)17-6-5-16(24-17)14-3-2-4-15(20)11-14/h2-6,11-13,18H,7-10,20H2,1H3,(H,21,23)/t12-,18-/m0/s1. The van der Waals surface area contributed by atoms with E-state index in [4.69, 9.17) is 10.2 Å². The Morgan fingerprint density at radius 2 is 2.04 bits per heavy atom. The van der Waals surface area contributed by atoms with Gasteiger partial charge in [-0.1, -0.05) is 12.1 Å². The van der Waals surface area contributed by atoms with E-state index < -0.39 is 0 Å².